The van der Waals surface area contributed by atoms with Crippen molar-refractivity contribution in [2.75, 3.05) is 25.3 Å². The minimum Gasteiger partial charge on any atom is -0.497 e. The van der Waals surface area contributed by atoms with Crippen molar-refractivity contribution < 1.29 is 23.0 Å². The second kappa shape index (κ2) is 8.90. The number of halogens is 2. The molecule has 4 rings (SSSR count). The average Bonchev–Trinajstić information content (AvgIpc) is 3.38. The highest BCUT2D eigenvalue weighted by atomic mass is 32.2. The number of aromatic nitrogens is 3. The summed E-state index contributed by atoms with van der Waals surface area (Å²) in [6.07, 6.45) is 0. The van der Waals surface area contributed by atoms with Crippen LogP contribution in [0.15, 0.2) is 40.9 Å². The van der Waals surface area contributed by atoms with Crippen LogP contribution >= 0.6 is 23.1 Å². The number of fused-ring (bicyclic) bond motifs is 1. The van der Waals surface area contributed by atoms with Gasteiger partial charge < -0.3 is 19.8 Å². The van der Waals surface area contributed by atoms with E-state index in [0.717, 1.165) is 29.5 Å². The van der Waals surface area contributed by atoms with Crippen molar-refractivity contribution in [3.63, 3.8) is 0 Å². The fraction of sp³-hybridized carbons (Fsp3) is 0.150. The number of carbonyl (C=O) groups excluding carboxylic acids is 1. The first-order valence-corrected chi connectivity index (χ1v) is 10.8. The highest BCUT2D eigenvalue weighted by Gasteiger charge is 2.14. The zero-order valence-electron chi connectivity index (χ0n) is 16.4. The number of aromatic amines is 1. The lowest BCUT2D eigenvalue weighted by atomic mass is 10.1. The summed E-state index contributed by atoms with van der Waals surface area (Å²) in [5, 5.41) is 5.37. The number of anilines is 1. The number of ether oxygens (including phenoxy) is 2. The summed E-state index contributed by atoms with van der Waals surface area (Å²) in [7, 11) is 3.14. The Hall–Kier alpha value is -3.18. The summed E-state index contributed by atoms with van der Waals surface area (Å²) in [6, 6.07) is 7.44. The molecular weight excluding hydrogens is 446 g/mol. The first-order valence-electron chi connectivity index (χ1n) is 8.92. The molecule has 0 unspecified atom stereocenters. The normalized spacial score (nSPS) is 11.0. The number of thiazole rings is 1. The van der Waals surface area contributed by atoms with Gasteiger partial charge in [-0.1, -0.05) is 11.8 Å². The summed E-state index contributed by atoms with van der Waals surface area (Å²) in [5.41, 5.74) is 2.09. The largest absolute Gasteiger partial charge is 0.497 e. The number of H-pyrrole nitrogens is 1. The molecule has 31 heavy (non-hydrogen) atoms. The molecule has 0 saturated heterocycles. The molecule has 1 amide bonds. The second-order valence-electron chi connectivity index (χ2n) is 6.27. The quantitative estimate of drug-likeness (QED) is 0.387. The van der Waals surface area contributed by atoms with Crippen LogP contribution in [0.4, 0.5) is 13.9 Å². The van der Waals surface area contributed by atoms with E-state index in [-0.39, 0.29) is 11.7 Å². The molecule has 11 heteroatoms. The SMILES string of the molecule is COc1ccc(-c2csc(NC(=O)CSc3nc4cc(F)c(F)cc4[nH]3)n2)c(OC)c1. The van der Waals surface area contributed by atoms with Crippen molar-refractivity contribution in [3.05, 3.63) is 47.3 Å². The third-order valence-electron chi connectivity index (χ3n) is 4.28. The maximum atomic E-state index is 13.3. The molecule has 0 aliphatic rings. The number of carbonyl (C=O) groups is 1. The Morgan fingerprint density at radius 3 is 2.74 bits per heavy atom. The van der Waals surface area contributed by atoms with E-state index in [1.807, 2.05) is 11.4 Å². The maximum Gasteiger partial charge on any atom is 0.236 e. The molecule has 4 aromatic rings. The highest BCUT2D eigenvalue weighted by molar-refractivity contribution is 7.99. The van der Waals surface area contributed by atoms with Gasteiger partial charge in [0, 0.05) is 29.1 Å². The van der Waals surface area contributed by atoms with Crippen LogP contribution in [0.2, 0.25) is 0 Å². The third-order valence-corrected chi connectivity index (χ3v) is 5.91. The lowest BCUT2D eigenvalue weighted by molar-refractivity contribution is -0.113. The number of thioether (sulfide) groups is 1. The van der Waals surface area contributed by atoms with Crippen molar-refractivity contribution in [2.45, 2.75) is 5.16 Å². The number of nitrogens with one attached hydrogen (secondary N) is 2. The number of methoxy groups -OCH3 is 2. The molecule has 0 aliphatic heterocycles. The molecule has 0 saturated carbocycles. The number of rotatable bonds is 7. The Bertz CT molecular complexity index is 1220. The number of hydrogen-bond acceptors (Lipinski definition) is 7. The molecule has 2 heterocycles. The molecule has 0 aliphatic carbocycles. The van der Waals surface area contributed by atoms with Crippen LogP contribution < -0.4 is 14.8 Å². The fourth-order valence-corrected chi connectivity index (χ4v) is 4.22. The number of hydrogen-bond donors (Lipinski definition) is 2. The Morgan fingerprint density at radius 1 is 1.16 bits per heavy atom. The topological polar surface area (TPSA) is 89.1 Å². The Kier molecular flexibility index (Phi) is 6.05. The number of benzene rings is 2. The standard InChI is InChI=1S/C20H16F2N4O3S2/c1-28-10-3-4-11(17(5-10)29-2)16-8-30-20(25-16)26-18(27)9-31-19-23-14-6-12(21)13(22)7-15(14)24-19/h3-8H,9H2,1-2H3,(H,23,24)(H,25,26,27). The number of nitrogens with zero attached hydrogens (tertiary/aromatic N) is 2. The van der Waals surface area contributed by atoms with E-state index in [1.165, 1.54) is 11.3 Å². The molecule has 0 spiro atoms. The van der Waals surface area contributed by atoms with Crippen molar-refractivity contribution in [1.29, 1.82) is 0 Å². The van der Waals surface area contributed by atoms with E-state index in [2.05, 4.69) is 20.3 Å². The van der Waals surface area contributed by atoms with E-state index < -0.39 is 11.6 Å². The zero-order chi connectivity index (χ0) is 22.0. The number of imidazole rings is 1. The van der Waals surface area contributed by atoms with E-state index >= 15 is 0 Å². The lowest BCUT2D eigenvalue weighted by Crippen LogP contribution is -2.13. The van der Waals surface area contributed by atoms with Gasteiger partial charge in [-0.3, -0.25) is 4.79 Å². The van der Waals surface area contributed by atoms with Crippen molar-refractivity contribution in [3.8, 4) is 22.8 Å². The van der Waals surface area contributed by atoms with Crippen LogP contribution in [-0.4, -0.2) is 40.8 Å². The van der Waals surface area contributed by atoms with Crippen LogP contribution in [0.5, 0.6) is 11.5 Å². The van der Waals surface area contributed by atoms with E-state index in [4.69, 9.17) is 9.47 Å². The van der Waals surface area contributed by atoms with Gasteiger partial charge >= 0.3 is 0 Å². The van der Waals surface area contributed by atoms with Gasteiger partial charge in [0.15, 0.2) is 21.9 Å². The van der Waals surface area contributed by atoms with Crippen molar-refractivity contribution in [1.82, 2.24) is 15.0 Å². The van der Waals surface area contributed by atoms with Crippen LogP contribution in [0.3, 0.4) is 0 Å². The predicted octanol–water partition coefficient (Wildman–Crippen LogP) is 4.71. The molecule has 0 atom stereocenters. The van der Waals surface area contributed by atoms with Gasteiger partial charge in [-0.15, -0.1) is 11.3 Å². The summed E-state index contributed by atoms with van der Waals surface area (Å²) < 4.78 is 37.2. The summed E-state index contributed by atoms with van der Waals surface area (Å²) in [5.74, 6) is -0.899. The van der Waals surface area contributed by atoms with E-state index in [9.17, 15) is 13.6 Å². The maximum absolute atomic E-state index is 13.3. The highest BCUT2D eigenvalue weighted by Crippen LogP contribution is 2.35. The molecule has 0 radical (unpaired) electrons. The molecule has 2 N–H and O–H groups in total. The zero-order valence-corrected chi connectivity index (χ0v) is 18.0. The third kappa shape index (κ3) is 4.62. The van der Waals surface area contributed by atoms with Gasteiger partial charge in [-0.25, -0.2) is 18.7 Å². The molecule has 0 bridgehead atoms. The Labute approximate surface area is 183 Å². The molecule has 2 aromatic heterocycles. The monoisotopic (exact) mass is 462 g/mol. The van der Waals surface area contributed by atoms with E-state index in [1.54, 1.807) is 26.4 Å². The lowest BCUT2D eigenvalue weighted by Gasteiger charge is -2.08. The minimum atomic E-state index is -0.971. The molecule has 160 valence electrons. The van der Waals surface area contributed by atoms with Crippen molar-refractivity contribution >= 4 is 45.2 Å². The number of amides is 1. The van der Waals surface area contributed by atoms with Crippen LogP contribution in [0, 0.1) is 11.6 Å². The molecule has 2 aromatic carbocycles. The van der Waals surface area contributed by atoms with Crippen LogP contribution in [-0.2, 0) is 4.79 Å². The summed E-state index contributed by atoms with van der Waals surface area (Å²) >= 11 is 2.40. The van der Waals surface area contributed by atoms with Gasteiger partial charge in [0.2, 0.25) is 5.91 Å². The minimum absolute atomic E-state index is 0.0472. The van der Waals surface area contributed by atoms with Gasteiger partial charge in [-0.2, -0.15) is 0 Å². The summed E-state index contributed by atoms with van der Waals surface area (Å²) in [4.78, 5) is 23.7. The predicted molar refractivity (Wildman–Crippen MR) is 116 cm³/mol. The smallest absolute Gasteiger partial charge is 0.236 e. The summed E-state index contributed by atoms with van der Waals surface area (Å²) in [6.45, 7) is 0. The van der Waals surface area contributed by atoms with E-state index in [0.29, 0.717) is 38.5 Å². The second-order valence-corrected chi connectivity index (χ2v) is 8.09. The van der Waals surface area contributed by atoms with Gasteiger partial charge in [0.05, 0.1) is 36.7 Å². The molecular formula is C20H16F2N4O3S2. The molecule has 0 fully saturated rings. The molecule has 7 nitrogen and oxygen atoms in total. The van der Waals surface area contributed by atoms with Gasteiger partial charge in [0.1, 0.15) is 11.5 Å². The van der Waals surface area contributed by atoms with Crippen LogP contribution in [0.25, 0.3) is 22.3 Å². The Morgan fingerprint density at radius 2 is 1.97 bits per heavy atom. The van der Waals surface area contributed by atoms with Crippen molar-refractivity contribution in [2.24, 2.45) is 0 Å². The average molecular weight is 463 g/mol. The van der Waals surface area contributed by atoms with Gasteiger partial charge in [-0.05, 0) is 12.1 Å². The first-order chi connectivity index (χ1) is 15.0. The van der Waals surface area contributed by atoms with Crippen LogP contribution in [0.1, 0.15) is 0 Å². The first kappa shape index (κ1) is 21.1. The van der Waals surface area contributed by atoms with Gasteiger partial charge in [0.25, 0.3) is 0 Å². The Balaban J connectivity index is 1.40. The fourth-order valence-electron chi connectivity index (χ4n) is 2.80.